The molecule has 2 aromatic carbocycles. The summed E-state index contributed by atoms with van der Waals surface area (Å²) < 4.78 is 5.13. The largest absolute Gasteiger partial charge is 0.497 e. The molecule has 0 radical (unpaired) electrons. The molecular formula is C23H24N4O3. The zero-order valence-corrected chi connectivity index (χ0v) is 17.4. The van der Waals surface area contributed by atoms with E-state index >= 15 is 0 Å². The molecule has 7 heteroatoms. The molecule has 0 bridgehead atoms. The second-order valence-electron chi connectivity index (χ2n) is 6.94. The second-order valence-corrected chi connectivity index (χ2v) is 6.94. The lowest BCUT2D eigenvalue weighted by molar-refractivity contribution is 0.0950. The minimum Gasteiger partial charge on any atom is -0.497 e. The van der Waals surface area contributed by atoms with Crippen molar-refractivity contribution in [2.45, 2.75) is 27.3 Å². The molecule has 7 nitrogen and oxygen atoms in total. The van der Waals surface area contributed by atoms with Crippen molar-refractivity contribution in [3.05, 3.63) is 76.5 Å². The molecule has 0 aliphatic carbocycles. The number of aromatic nitrogens is 1. The van der Waals surface area contributed by atoms with Crippen molar-refractivity contribution in [3.8, 4) is 5.75 Å². The summed E-state index contributed by atoms with van der Waals surface area (Å²) in [5.41, 5.74) is 4.17. The number of aromatic amines is 1. The quantitative estimate of drug-likeness (QED) is 0.419. The molecule has 0 spiro atoms. The number of nitrogens with one attached hydrogen (secondary N) is 2. The minimum atomic E-state index is -0.200. The van der Waals surface area contributed by atoms with Gasteiger partial charge < -0.3 is 15.0 Å². The lowest BCUT2D eigenvalue weighted by Crippen LogP contribution is -2.22. The molecule has 154 valence electrons. The number of hydrogen-bond donors (Lipinski definition) is 2. The summed E-state index contributed by atoms with van der Waals surface area (Å²) in [6.45, 7) is 5.59. The smallest absolute Gasteiger partial charge is 0.251 e. The first-order valence-corrected chi connectivity index (χ1v) is 9.52. The number of benzene rings is 2. The lowest BCUT2D eigenvalue weighted by Gasteiger charge is -2.07. The molecule has 0 saturated heterocycles. The molecule has 1 amide bonds. The van der Waals surface area contributed by atoms with Gasteiger partial charge in [-0.15, -0.1) is 10.2 Å². The summed E-state index contributed by atoms with van der Waals surface area (Å²) in [6, 6.07) is 14.4. The van der Waals surface area contributed by atoms with Crippen LogP contribution in [0.1, 0.15) is 44.5 Å². The van der Waals surface area contributed by atoms with Gasteiger partial charge >= 0.3 is 0 Å². The van der Waals surface area contributed by atoms with Crippen molar-refractivity contribution < 1.29 is 14.3 Å². The number of hydrogen-bond acceptors (Lipinski definition) is 5. The van der Waals surface area contributed by atoms with E-state index in [9.17, 15) is 9.59 Å². The maximum atomic E-state index is 12.5. The van der Waals surface area contributed by atoms with E-state index in [-0.39, 0.29) is 11.7 Å². The number of methoxy groups -OCH3 is 1. The summed E-state index contributed by atoms with van der Waals surface area (Å²) >= 11 is 0. The maximum Gasteiger partial charge on any atom is 0.251 e. The molecule has 0 atom stereocenters. The van der Waals surface area contributed by atoms with Crippen LogP contribution in [0.2, 0.25) is 0 Å². The van der Waals surface area contributed by atoms with Crippen molar-refractivity contribution >= 4 is 23.2 Å². The van der Waals surface area contributed by atoms with Gasteiger partial charge in [-0.05, 0) is 56.7 Å². The highest BCUT2D eigenvalue weighted by molar-refractivity contribution is 5.98. The Morgan fingerprint density at radius 3 is 2.43 bits per heavy atom. The molecule has 0 saturated carbocycles. The number of ether oxygens (including phenoxy) is 1. The Kier molecular flexibility index (Phi) is 6.41. The predicted octanol–water partition coefficient (Wildman–Crippen LogP) is 5.19. The Morgan fingerprint density at radius 1 is 1.07 bits per heavy atom. The second kappa shape index (κ2) is 9.17. The summed E-state index contributed by atoms with van der Waals surface area (Å²) in [7, 11) is 1.61. The van der Waals surface area contributed by atoms with Gasteiger partial charge in [-0.1, -0.05) is 18.2 Å². The van der Waals surface area contributed by atoms with E-state index in [2.05, 4.69) is 20.5 Å². The molecule has 0 unspecified atom stereocenters. The number of ketones is 1. The van der Waals surface area contributed by atoms with E-state index in [1.165, 1.54) is 6.92 Å². The first kappa shape index (κ1) is 21.0. The average molecular weight is 404 g/mol. The number of aryl methyl sites for hydroxylation is 1. The van der Waals surface area contributed by atoms with E-state index in [4.69, 9.17) is 4.74 Å². The number of azo groups is 1. The molecule has 3 rings (SSSR count). The van der Waals surface area contributed by atoms with E-state index in [0.717, 1.165) is 22.6 Å². The molecule has 2 N–H and O–H groups in total. The molecule has 1 heterocycles. The first-order valence-electron chi connectivity index (χ1n) is 9.52. The molecule has 1 aromatic heterocycles. The van der Waals surface area contributed by atoms with Crippen LogP contribution in [-0.2, 0) is 6.54 Å². The van der Waals surface area contributed by atoms with Gasteiger partial charge in [-0.25, -0.2) is 0 Å². The summed E-state index contributed by atoms with van der Waals surface area (Å²) in [5.74, 6) is 1.09. The molecule has 0 fully saturated rings. The van der Waals surface area contributed by atoms with Crippen LogP contribution >= 0.6 is 0 Å². The Morgan fingerprint density at radius 2 is 1.80 bits per heavy atom. The Bertz CT molecular complexity index is 1100. The number of Topliss-reactive ketones (excluding diaryl/α,β-unsaturated/α-hetero) is 1. The van der Waals surface area contributed by atoms with E-state index in [1.54, 1.807) is 31.4 Å². The van der Waals surface area contributed by atoms with E-state index in [0.29, 0.717) is 29.2 Å². The van der Waals surface area contributed by atoms with Crippen LogP contribution in [0.3, 0.4) is 0 Å². The highest BCUT2D eigenvalue weighted by Crippen LogP contribution is 2.27. The topological polar surface area (TPSA) is 95.9 Å². The van der Waals surface area contributed by atoms with Crippen molar-refractivity contribution in [2.75, 3.05) is 7.11 Å². The van der Waals surface area contributed by atoms with Gasteiger partial charge in [0.2, 0.25) is 0 Å². The standard InChI is InChI=1S/C23H24N4O3/c1-14-21(16(3)28)15(2)25-22(14)27-26-19-7-5-6-18(12-19)23(29)24-13-17-8-10-20(30-4)11-9-17/h5-12,25H,13H2,1-4H3,(H,24,29). The number of carbonyl (C=O) groups is 2. The fourth-order valence-electron chi connectivity index (χ4n) is 3.21. The van der Waals surface area contributed by atoms with Gasteiger partial charge in [0.1, 0.15) is 5.75 Å². The van der Waals surface area contributed by atoms with Gasteiger partial charge in [0.05, 0.1) is 12.8 Å². The Labute approximate surface area is 175 Å². The Balaban J connectivity index is 1.69. The van der Waals surface area contributed by atoms with Crippen LogP contribution in [0.5, 0.6) is 5.75 Å². The van der Waals surface area contributed by atoms with Crippen molar-refractivity contribution in [1.29, 1.82) is 0 Å². The normalized spacial score (nSPS) is 10.9. The zero-order chi connectivity index (χ0) is 21.7. The van der Waals surface area contributed by atoms with Crippen LogP contribution in [0.15, 0.2) is 58.8 Å². The van der Waals surface area contributed by atoms with Gasteiger partial charge in [-0.3, -0.25) is 9.59 Å². The van der Waals surface area contributed by atoms with Gasteiger partial charge in [0.15, 0.2) is 11.6 Å². The van der Waals surface area contributed by atoms with Crippen molar-refractivity contribution in [3.63, 3.8) is 0 Å². The third kappa shape index (κ3) is 4.81. The number of carbonyl (C=O) groups excluding carboxylic acids is 2. The fourth-order valence-corrected chi connectivity index (χ4v) is 3.21. The molecule has 3 aromatic rings. The molecular weight excluding hydrogens is 380 g/mol. The zero-order valence-electron chi connectivity index (χ0n) is 17.4. The molecule has 30 heavy (non-hydrogen) atoms. The third-order valence-corrected chi connectivity index (χ3v) is 4.75. The van der Waals surface area contributed by atoms with Gasteiger partial charge in [0.25, 0.3) is 5.91 Å². The average Bonchev–Trinajstić information content (AvgIpc) is 3.04. The lowest BCUT2D eigenvalue weighted by atomic mass is 10.1. The summed E-state index contributed by atoms with van der Waals surface area (Å²) in [4.78, 5) is 27.3. The fraction of sp³-hybridized carbons (Fsp3) is 0.217. The van der Waals surface area contributed by atoms with Gasteiger partial charge in [0, 0.05) is 28.9 Å². The minimum absolute atomic E-state index is 0.0155. The molecule has 0 aliphatic rings. The third-order valence-electron chi connectivity index (χ3n) is 4.75. The molecule has 0 aliphatic heterocycles. The SMILES string of the molecule is COc1ccc(CNC(=O)c2cccc(N=Nc3[nH]c(C)c(C(C)=O)c3C)c2)cc1. The number of amides is 1. The predicted molar refractivity (Wildman–Crippen MR) is 115 cm³/mol. The Hall–Kier alpha value is -3.74. The summed E-state index contributed by atoms with van der Waals surface area (Å²) in [6.07, 6.45) is 0. The van der Waals surface area contributed by atoms with Crippen molar-refractivity contribution in [2.24, 2.45) is 10.2 Å². The number of rotatable bonds is 7. The number of nitrogens with zero attached hydrogens (tertiary/aromatic N) is 2. The monoisotopic (exact) mass is 404 g/mol. The van der Waals surface area contributed by atoms with Crippen molar-refractivity contribution in [1.82, 2.24) is 10.3 Å². The van der Waals surface area contributed by atoms with Gasteiger partial charge in [-0.2, -0.15) is 0 Å². The first-order chi connectivity index (χ1) is 14.4. The van der Waals surface area contributed by atoms with Crippen LogP contribution in [0.25, 0.3) is 0 Å². The van der Waals surface area contributed by atoms with Crippen LogP contribution in [0.4, 0.5) is 11.5 Å². The van der Waals surface area contributed by atoms with Crippen LogP contribution in [0, 0.1) is 13.8 Å². The van der Waals surface area contributed by atoms with Crippen LogP contribution < -0.4 is 10.1 Å². The summed E-state index contributed by atoms with van der Waals surface area (Å²) in [5, 5.41) is 11.3. The van der Waals surface area contributed by atoms with Crippen LogP contribution in [-0.4, -0.2) is 23.8 Å². The highest BCUT2D eigenvalue weighted by Gasteiger charge is 2.14. The van der Waals surface area contributed by atoms with E-state index in [1.807, 2.05) is 38.1 Å². The maximum absolute atomic E-state index is 12.5. The highest BCUT2D eigenvalue weighted by atomic mass is 16.5. The number of H-pyrrole nitrogens is 1. The van der Waals surface area contributed by atoms with E-state index < -0.39 is 0 Å².